The fourth-order valence-electron chi connectivity index (χ4n) is 1.06. The molecule has 15 heavy (non-hydrogen) atoms. The molecule has 0 N–H and O–H groups in total. The van der Waals surface area contributed by atoms with E-state index in [1.54, 1.807) is 12.1 Å². The molecule has 0 spiro atoms. The molecule has 0 heterocycles. The van der Waals surface area contributed by atoms with Crippen molar-refractivity contribution in [3.63, 3.8) is 0 Å². The van der Waals surface area contributed by atoms with Crippen LogP contribution in [-0.2, 0) is 0 Å². The maximum absolute atomic E-state index is 8.77. The van der Waals surface area contributed by atoms with Gasteiger partial charge < -0.3 is 4.84 Å². The Morgan fingerprint density at radius 1 is 1.40 bits per heavy atom. The van der Waals surface area contributed by atoms with E-state index >= 15 is 0 Å². The highest BCUT2D eigenvalue weighted by atomic mass is 16.6. The van der Waals surface area contributed by atoms with E-state index in [0.29, 0.717) is 17.9 Å². The first-order valence-corrected chi connectivity index (χ1v) is 5.06. The second-order valence-corrected chi connectivity index (χ2v) is 3.16. The molecule has 0 aliphatic carbocycles. The minimum atomic E-state index is 0.445. The zero-order valence-corrected chi connectivity index (χ0v) is 8.81. The largest absolute Gasteiger partial charge is 0.356 e. The van der Waals surface area contributed by atoms with Gasteiger partial charge in [0.1, 0.15) is 6.07 Å². The van der Waals surface area contributed by atoms with E-state index in [9.17, 15) is 0 Å². The smallest absolute Gasteiger partial charge is 0.158 e. The number of oxime groups is 1. The standard InChI is InChI=1S/C12H14N2O/c1-2-3-7-11(10-13)14-15-12-8-5-4-6-9-12/h4-6,8-9H,2-3,7H2,1H3/b14-11+. The lowest BCUT2D eigenvalue weighted by molar-refractivity contribution is 0.340. The molecular weight excluding hydrogens is 188 g/mol. The minimum Gasteiger partial charge on any atom is -0.356 e. The molecular formula is C12H14N2O. The van der Waals surface area contributed by atoms with Crippen molar-refractivity contribution in [3.8, 4) is 11.8 Å². The molecule has 78 valence electrons. The third kappa shape index (κ3) is 4.28. The Morgan fingerprint density at radius 2 is 2.13 bits per heavy atom. The molecule has 0 aliphatic rings. The van der Waals surface area contributed by atoms with E-state index < -0.39 is 0 Å². The summed E-state index contributed by atoms with van der Waals surface area (Å²) in [7, 11) is 0. The van der Waals surface area contributed by atoms with Crippen LogP contribution in [0.15, 0.2) is 35.5 Å². The second-order valence-electron chi connectivity index (χ2n) is 3.16. The zero-order valence-electron chi connectivity index (χ0n) is 8.81. The molecule has 1 rings (SSSR count). The molecule has 0 fully saturated rings. The summed E-state index contributed by atoms with van der Waals surface area (Å²) < 4.78 is 0. The van der Waals surface area contributed by atoms with E-state index in [2.05, 4.69) is 12.1 Å². The van der Waals surface area contributed by atoms with Crippen LogP contribution in [0.1, 0.15) is 26.2 Å². The number of hydrogen-bond acceptors (Lipinski definition) is 3. The molecule has 0 bridgehead atoms. The Labute approximate surface area is 90.0 Å². The molecule has 0 aliphatic heterocycles. The lowest BCUT2D eigenvalue weighted by atomic mass is 10.2. The maximum Gasteiger partial charge on any atom is 0.158 e. The molecule has 0 amide bonds. The summed E-state index contributed by atoms with van der Waals surface area (Å²) >= 11 is 0. The summed E-state index contributed by atoms with van der Waals surface area (Å²) in [5, 5.41) is 12.6. The first kappa shape index (κ1) is 11.3. The second kappa shape index (κ2) is 6.61. The monoisotopic (exact) mass is 202 g/mol. The van der Waals surface area contributed by atoms with Crippen LogP contribution in [0.5, 0.6) is 5.75 Å². The van der Waals surface area contributed by atoms with Crippen molar-refractivity contribution in [2.24, 2.45) is 5.16 Å². The molecule has 0 aromatic heterocycles. The van der Waals surface area contributed by atoms with Gasteiger partial charge in [-0.1, -0.05) is 36.7 Å². The number of benzene rings is 1. The Bertz CT molecular complexity index is 352. The average molecular weight is 202 g/mol. The number of unbranched alkanes of at least 4 members (excludes halogenated alkanes) is 1. The highest BCUT2D eigenvalue weighted by Gasteiger charge is 1.98. The SMILES string of the molecule is CCCC/C(C#N)=N\Oc1ccccc1. The van der Waals surface area contributed by atoms with E-state index in [1.165, 1.54) is 0 Å². The Balaban J connectivity index is 2.52. The molecule has 3 nitrogen and oxygen atoms in total. The van der Waals surface area contributed by atoms with E-state index in [4.69, 9.17) is 10.1 Å². The van der Waals surface area contributed by atoms with Crippen molar-refractivity contribution in [1.29, 1.82) is 5.26 Å². The highest BCUT2D eigenvalue weighted by molar-refractivity contribution is 5.98. The normalized spacial score (nSPS) is 10.8. The van der Waals surface area contributed by atoms with Gasteiger partial charge in [0.15, 0.2) is 11.5 Å². The van der Waals surface area contributed by atoms with Crippen LogP contribution in [0.3, 0.4) is 0 Å². The summed E-state index contributed by atoms with van der Waals surface area (Å²) in [6.45, 7) is 2.08. The molecule has 1 aromatic rings. The predicted molar refractivity (Wildman–Crippen MR) is 59.6 cm³/mol. The van der Waals surface area contributed by atoms with Gasteiger partial charge in [0.2, 0.25) is 0 Å². The topological polar surface area (TPSA) is 45.4 Å². The molecule has 0 radical (unpaired) electrons. The zero-order chi connectivity index (χ0) is 10.9. The first-order chi connectivity index (χ1) is 7.36. The molecule has 0 unspecified atom stereocenters. The van der Waals surface area contributed by atoms with Crippen LogP contribution in [0.2, 0.25) is 0 Å². The van der Waals surface area contributed by atoms with Crippen LogP contribution in [-0.4, -0.2) is 5.71 Å². The van der Waals surface area contributed by atoms with Crippen LogP contribution in [0.25, 0.3) is 0 Å². The molecule has 1 aromatic carbocycles. The van der Waals surface area contributed by atoms with Gasteiger partial charge in [-0.3, -0.25) is 0 Å². The minimum absolute atomic E-state index is 0.445. The Kier molecular flexibility index (Phi) is 4.96. The van der Waals surface area contributed by atoms with Crippen LogP contribution in [0, 0.1) is 11.3 Å². The van der Waals surface area contributed by atoms with Gasteiger partial charge in [0.05, 0.1) is 0 Å². The molecule has 0 saturated carbocycles. The van der Waals surface area contributed by atoms with E-state index in [0.717, 1.165) is 12.8 Å². The van der Waals surface area contributed by atoms with Gasteiger partial charge in [-0.15, -0.1) is 0 Å². The summed E-state index contributed by atoms with van der Waals surface area (Å²) in [5.41, 5.74) is 0.445. The van der Waals surface area contributed by atoms with Gasteiger partial charge in [-0.25, -0.2) is 0 Å². The van der Waals surface area contributed by atoms with Gasteiger partial charge >= 0.3 is 0 Å². The number of rotatable bonds is 5. The van der Waals surface area contributed by atoms with Crippen LogP contribution in [0.4, 0.5) is 0 Å². The van der Waals surface area contributed by atoms with Crippen LogP contribution >= 0.6 is 0 Å². The third-order valence-corrected chi connectivity index (χ3v) is 1.90. The number of para-hydroxylation sites is 1. The lowest BCUT2D eigenvalue weighted by Crippen LogP contribution is -1.97. The van der Waals surface area contributed by atoms with Crippen molar-refractivity contribution in [1.82, 2.24) is 0 Å². The Hall–Kier alpha value is -1.82. The van der Waals surface area contributed by atoms with Crippen LogP contribution < -0.4 is 4.84 Å². The summed E-state index contributed by atoms with van der Waals surface area (Å²) in [6.07, 6.45) is 2.69. The third-order valence-electron chi connectivity index (χ3n) is 1.90. The molecule has 3 heteroatoms. The number of nitriles is 1. The van der Waals surface area contributed by atoms with Crippen molar-refractivity contribution < 1.29 is 4.84 Å². The quantitative estimate of drug-likeness (QED) is 0.544. The van der Waals surface area contributed by atoms with Crippen molar-refractivity contribution in [3.05, 3.63) is 30.3 Å². The summed E-state index contributed by atoms with van der Waals surface area (Å²) in [5.74, 6) is 0.654. The Morgan fingerprint density at radius 3 is 2.73 bits per heavy atom. The first-order valence-electron chi connectivity index (χ1n) is 5.06. The number of nitrogens with zero attached hydrogens (tertiary/aromatic N) is 2. The van der Waals surface area contributed by atoms with E-state index in [-0.39, 0.29) is 0 Å². The van der Waals surface area contributed by atoms with E-state index in [1.807, 2.05) is 24.3 Å². The maximum atomic E-state index is 8.77. The average Bonchev–Trinajstić information content (AvgIpc) is 2.31. The highest BCUT2D eigenvalue weighted by Crippen LogP contribution is 2.09. The van der Waals surface area contributed by atoms with Crippen molar-refractivity contribution in [2.75, 3.05) is 0 Å². The van der Waals surface area contributed by atoms with Crippen molar-refractivity contribution in [2.45, 2.75) is 26.2 Å². The lowest BCUT2D eigenvalue weighted by Gasteiger charge is -1.98. The van der Waals surface area contributed by atoms with Crippen molar-refractivity contribution >= 4 is 5.71 Å². The predicted octanol–water partition coefficient (Wildman–Crippen LogP) is 3.14. The summed E-state index contributed by atoms with van der Waals surface area (Å²) in [4.78, 5) is 5.12. The molecule has 0 atom stereocenters. The summed E-state index contributed by atoms with van der Waals surface area (Å²) in [6, 6.07) is 11.3. The fourth-order valence-corrected chi connectivity index (χ4v) is 1.06. The van der Waals surface area contributed by atoms with Gasteiger partial charge in [0, 0.05) is 6.42 Å². The number of hydrogen-bond donors (Lipinski definition) is 0. The van der Waals surface area contributed by atoms with Gasteiger partial charge in [-0.2, -0.15) is 5.26 Å². The van der Waals surface area contributed by atoms with Gasteiger partial charge in [0.25, 0.3) is 0 Å². The van der Waals surface area contributed by atoms with Gasteiger partial charge in [-0.05, 0) is 18.6 Å². The fraction of sp³-hybridized carbons (Fsp3) is 0.333. The molecule has 0 saturated heterocycles.